The Balaban J connectivity index is 1.56. The number of hydrogen-bond acceptors (Lipinski definition) is 2. The quantitative estimate of drug-likeness (QED) is 0.773. The molecule has 1 N–H and O–H groups in total. The minimum Gasteiger partial charge on any atom is -0.368 e. The van der Waals surface area contributed by atoms with Crippen molar-refractivity contribution in [3.8, 4) is 0 Å². The zero-order chi connectivity index (χ0) is 16.2. The molecule has 1 heterocycles. The molecule has 1 fully saturated rings. The van der Waals surface area contributed by atoms with Crippen LogP contribution in [0.1, 0.15) is 0 Å². The Morgan fingerprint density at radius 3 is 2.39 bits per heavy atom. The standard InChI is InChI=1S/C17H17BrFN3S/c18-13-2-1-3-15(12-13)20-17(23)22-10-8-21(9-11-22)16-6-4-14(19)5-7-16/h1-7,12H,8-11H2,(H,20,23). The van der Waals surface area contributed by atoms with Crippen molar-refractivity contribution in [1.29, 1.82) is 0 Å². The first kappa shape index (κ1) is 16.2. The molecule has 0 aliphatic carbocycles. The Hall–Kier alpha value is -1.66. The van der Waals surface area contributed by atoms with Crippen molar-refractivity contribution in [2.75, 3.05) is 36.4 Å². The van der Waals surface area contributed by atoms with Gasteiger partial charge in [0, 0.05) is 42.0 Å². The van der Waals surface area contributed by atoms with Crippen LogP contribution in [0.3, 0.4) is 0 Å². The summed E-state index contributed by atoms with van der Waals surface area (Å²) in [7, 11) is 0. The Morgan fingerprint density at radius 1 is 1.04 bits per heavy atom. The van der Waals surface area contributed by atoms with Crippen LogP contribution in [0.5, 0.6) is 0 Å². The predicted octanol–water partition coefficient (Wildman–Crippen LogP) is 4.11. The van der Waals surface area contributed by atoms with Crippen LogP contribution in [-0.4, -0.2) is 36.2 Å². The zero-order valence-electron chi connectivity index (χ0n) is 12.5. The van der Waals surface area contributed by atoms with Crippen LogP contribution in [0.15, 0.2) is 53.0 Å². The van der Waals surface area contributed by atoms with Gasteiger partial charge in [0.05, 0.1) is 0 Å². The van der Waals surface area contributed by atoms with Gasteiger partial charge in [0.2, 0.25) is 0 Å². The molecule has 0 spiro atoms. The van der Waals surface area contributed by atoms with Gasteiger partial charge < -0.3 is 15.1 Å². The van der Waals surface area contributed by atoms with Crippen molar-refractivity contribution < 1.29 is 4.39 Å². The molecule has 0 atom stereocenters. The highest BCUT2D eigenvalue weighted by molar-refractivity contribution is 9.10. The minimum atomic E-state index is -0.202. The van der Waals surface area contributed by atoms with Crippen LogP contribution in [0.4, 0.5) is 15.8 Å². The third kappa shape index (κ3) is 4.20. The van der Waals surface area contributed by atoms with E-state index in [-0.39, 0.29) is 5.82 Å². The first-order valence-electron chi connectivity index (χ1n) is 7.44. The summed E-state index contributed by atoms with van der Waals surface area (Å²) in [6.45, 7) is 3.42. The first-order chi connectivity index (χ1) is 11.1. The summed E-state index contributed by atoms with van der Waals surface area (Å²) in [6, 6.07) is 14.6. The number of piperazine rings is 1. The highest BCUT2D eigenvalue weighted by Crippen LogP contribution is 2.19. The van der Waals surface area contributed by atoms with E-state index >= 15 is 0 Å². The summed E-state index contributed by atoms with van der Waals surface area (Å²) in [5.74, 6) is -0.202. The van der Waals surface area contributed by atoms with Gasteiger partial charge >= 0.3 is 0 Å². The number of hydrogen-bond donors (Lipinski definition) is 1. The third-order valence-electron chi connectivity index (χ3n) is 3.83. The SMILES string of the molecule is Fc1ccc(N2CCN(C(=S)Nc3cccc(Br)c3)CC2)cc1. The van der Waals surface area contributed by atoms with E-state index in [1.54, 1.807) is 0 Å². The van der Waals surface area contributed by atoms with Gasteiger partial charge in [-0.3, -0.25) is 0 Å². The fourth-order valence-corrected chi connectivity index (χ4v) is 3.29. The van der Waals surface area contributed by atoms with E-state index in [4.69, 9.17) is 12.2 Å². The Labute approximate surface area is 149 Å². The molecule has 0 aromatic heterocycles. The molecule has 2 aromatic rings. The van der Waals surface area contributed by atoms with E-state index < -0.39 is 0 Å². The first-order valence-corrected chi connectivity index (χ1v) is 8.64. The summed E-state index contributed by atoms with van der Waals surface area (Å²) in [6.07, 6.45) is 0. The molecule has 1 aliphatic rings. The summed E-state index contributed by atoms with van der Waals surface area (Å²) >= 11 is 8.96. The number of rotatable bonds is 2. The molecule has 3 rings (SSSR count). The van der Waals surface area contributed by atoms with E-state index in [1.165, 1.54) is 12.1 Å². The highest BCUT2D eigenvalue weighted by atomic mass is 79.9. The lowest BCUT2D eigenvalue weighted by Crippen LogP contribution is -2.50. The second-order valence-corrected chi connectivity index (χ2v) is 6.69. The van der Waals surface area contributed by atoms with Gasteiger partial charge in [0.25, 0.3) is 0 Å². The Kier molecular flexibility index (Phi) is 5.13. The van der Waals surface area contributed by atoms with Crippen molar-refractivity contribution in [3.63, 3.8) is 0 Å². The fourth-order valence-electron chi connectivity index (χ4n) is 2.59. The molecular weight excluding hydrogens is 377 g/mol. The molecule has 0 bridgehead atoms. The second-order valence-electron chi connectivity index (χ2n) is 5.39. The van der Waals surface area contributed by atoms with Crippen LogP contribution < -0.4 is 10.2 Å². The monoisotopic (exact) mass is 393 g/mol. The molecule has 2 aromatic carbocycles. The van der Waals surface area contributed by atoms with E-state index in [9.17, 15) is 4.39 Å². The van der Waals surface area contributed by atoms with Gasteiger partial charge in [0.1, 0.15) is 5.82 Å². The lowest BCUT2D eigenvalue weighted by Gasteiger charge is -2.37. The third-order valence-corrected chi connectivity index (χ3v) is 4.69. The molecule has 120 valence electrons. The van der Waals surface area contributed by atoms with E-state index in [0.717, 1.165) is 47.1 Å². The molecule has 6 heteroatoms. The number of thiocarbonyl (C=S) groups is 1. The van der Waals surface area contributed by atoms with Crippen molar-refractivity contribution in [2.45, 2.75) is 0 Å². The maximum atomic E-state index is 13.0. The number of halogens is 2. The van der Waals surface area contributed by atoms with Gasteiger partial charge in [-0.2, -0.15) is 0 Å². The van der Waals surface area contributed by atoms with Crippen LogP contribution in [-0.2, 0) is 0 Å². The Morgan fingerprint density at radius 2 is 1.74 bits per heavy atom. The lowest BCUT2D eigenvalue weighted by molar-refractivity contribution is 0.391. The van der Waals surface area contributed by atoms with Gasteiger partial charge in [-0.1, -0.05) is 22.0 Å². The normalized spacial score (nSPS) is 14.7. The second kappa shape index (κ2) is 7.27. The molecule has 3 nitrogen and oxygen atoms in total. The van der Waals surface area contributed by atoms with E-state index in [1.807, 2.05) is 36.4 Å². The van der Waals surface area contributed by atoms with Crippen molar-refractivity contribution in [1.82, 2.24) is 4.90 Å². The largest absolute Gasteiger partial charge is 0.368 e. The van der Waals surface area contributed by atoms with Crippen molar-refractivity contribution in [2.24, 2.45) is 0 Å². The Bertz CT molecular complexity index is 684. The summed E-state index contributed by atoms with van der Waals surface area (Å²) in [5, 5.41) is 4.01. The van der Waals surface area contributed by atoms with Crippen LogP contribution in [0, 0.1) is 5.82 Å². The average molecular weight is 394 g/mol. The van der Waals surface area contributed by atoms with Crippen LogP contribution in [0.2, 0.25) is 0 Å². The van der Waals surface area contributed by atoms with Gasteiger partial charge in [-0.25, -0.2) is 4.39 Å². The molecule has 1 aliphatic heterocycles. The topological polar surface area (TPSA) is 18.5 Å². The molecule has 1 saturated heterocycles. The fraction of sp³-hybridized carbons (Fsp3) is 0.235. The zero-order valence-corrected chi connectivity index (χ0v) is 14.9. The number of nitrogens with zero attached hydrogens (tertiary/aromatic N) is 2. The molecule has 23 heavy (non-hydrogen) atoms. The van der Waals surface area contributed by atoms with Gasteiger partial charge in [-0.15, -0.1) is 0 Å². The smallest absolute Gasteiger partial charge is 0.173 e. The highest BCUT2D eigenvalue weighted by Gasteiger charge is 2.19. The molecular formula is C17H17BrFN3S. The van der Waals surface area contributed by atoms with E-state index in [0.29, 0.717) is 0 Å². The molecule has 0 radical (unpaired) electrons. The van der Waals surface area contributed by atoms with Crippen LogP contribution >= 0.6 is 28.1 Å². The van der Waals surface area contributed by atoms with Crippen molar-refractivity contribution in [3.05, 3.63) is 58.8 Å². The maximum absolute atomic E-state index is 13.0. The molecule has 0 amide bonds. The number of benzene rings is 2. The molecule has 0 unspecified atom stereocenters. The minimum absolute atomic E-state index is 0.202. The number of nitrogens with one attached hydrogen (secondary N) is 1. The lowest BCUT2D eigenvalue weighted by atomic mass is 10.2. The van der Waals surface area contributed by atoms with E-state index in [2.05, 4.69) is 31.0 Å². The van der Waals surface area contributed by atoms with Crippen molar-refractivity contribution >= 4 is 44.6 Å². The van der Waals surface area contributed by atoms with Crippen LogP contribution in [0.25, 0.3) is 0 Å². The maximum Gasteiger partial charge on any atom is 0.173 e. The molecule has 0 saturated carbocycles. The summed E-state index contributed by atoms with van der Waals surface area (Å²) < 4.78 is 14.0. The predicted molar refractivity (Wildman–Crippen MR) is 101 cm³/mol. The summed E-state index contributed by atoms with van der Waals surface area (Å²) in [5.41, 5.74) is 2.03. The van der Waals surface area contributed by atoms with Gasteiger partial charge in [0.15, 0.2) is 5.11 Å². The number of anilines is 2. The summed E-state index contributed by atoms with van der Waals surface area (Å²) in [4.78, 5) is 4.41. The van der Waals surface area contributed by atoms with Gasteiger partial charge in [-0.05, 0) is 54.7 Å². The average Bonchev–Trinajstić information content (AvgIpc) is 2.56.